The standard InChI is InChI=1S/C13H14N2O3/c16-12(17)6-3-7-14-8-10-9-4-1-2-5-11(9)15-13(10)18/h1-2,4-5,8,10H,3,6-7H2,(H,15,18)(H,16,17)/p-1/t10-/m1/s1. The first-order valence-electron chi connectivity index (χ1n) is 5.78. The lowest BCUT2D eigenvalue weighted by molar-refractivity contribution is -0.305. The van der Waals surface area contributed by atoms with Gasteiger partial charge in [0.15, 0.2) is 0 Å². The van der Waals surface area contributed by atoms with Crippen LogP contribution in [0.25, 0.3) is 0 Å². The van der Waals surface area contributed by atoms with Gasteiger partial charge in [0, 0.05) is 24.4 Å². The summed E-state index contributed by atoms with van der Waals surface area (Å²) in [5, 5.41) is 13.0. The van der Waals surface area contributed by atoms with Crippen molar-refractivity contribution in [1.82, 2.24) is 0 Å². The van der Waals surface area contributed by atoms with Gasteiger partial charge in [-0.3, -0.25) is 9.79 Å². The number of benzene rings is 1. The molecule has 5 nitrogen and oxygen atoms in total. The maximum absolute atomic E-state index is 11.7. The van der Waals surface area contributed by atoms with E-state index in [1.165, 1.54) is 0 Å². The fourth-order valence-corrected chi connectivity index (χ4v) is 1.88. The number of carboxylic acids is 1. The Morgan fingerprint density at radius 3 is 3.00 bits per heavy atom. The van der Waals surface area contributed by atoms with Crippen molar-refractivity contribution in [2.75, 3.05) is 11.9 Å². The predicted molar refractivity (Wildman–Crippen MR) is 65.4 cm³/mol. The van der Waals surface area contributed by atoms with Crippen LogP contribution in [0.1, 0.15) is 24.3 Å². The second-order valence-corrected chi connectivity index (χ2v) is 4.08. The van der Waals surface area contributed by atoms with E-state index in [-0.39, 0.29) is 18.2 Å². The van der Waals surface area contributed by atoms with Gasteiger partial charge < -0.3 is 15.2 Å². The third-order valence-corrected chi connectivity index (χ3v) is 2.76. The average Bonchev–Trinajstić information content (AvgIpc) is 2.65. The zero-order chi connectivity index (χ0) is 13.0. The molecule has 1 N–H and O–H groups in total. The van der Waals surface area contributed by atoms with Gasteiger partial charge in [-0.25, -0.2) is 0 Å². The van der Waals surface area contributed by atoms with E-state index >= 15 is 0 Å². The highest BCUT2D eigenvalue weighted by atomic mass is 16.4. The minimum atomic E-state index is -1.07. The van der Waals surface area contributed by atoms with Gasteiger partial charge in [-0.2, -0.15) is 0 Å². The summed E-state index contributed by atoms with van der Waals surface area (Å²) < 4.78 is 0. The fourth-order valence-electron chi connectivity index (χ4n) is 1.88. The Kier molecular flexibility index (Phi) is 3.72. The minimum Gasteiger partial charge on any atom is -0.550 e. The summed E-state index contributed by atoms with van der Waals surface area (Å²) >= 11 is 0. The highest BCUT2D eigenvalue weighted by Crippen LogP contribution is 2.30. The minimum absolute atomic E-state index is 0.00914. The molecule has 5 heteroatoms. The van der Waals surface area contributed by atoms with Crippen molar-refractivity contribution >= 4 is 23.8 Å². The molecule has 1 amide bonds. The third kappa shape index (κ3) is 2.74. The van der Waals surface area contributed by atoms with Gasteiger partial charge in [-0.1, -0.05) is 18.2 Å². The van der Waals surface area contributed by atoms with Crippen molar-refractivity contribution in [3.8, 4) is 0 Å². The van der Waals surface area contributed by atoms with Crippen molar-refractivity contribution in [2.24, 2.45) is 4.99 Å². The summed E-state index contributed by atoms with van der Waals surface area (Å²) in [6, 6.07) is 7.46. The van der Waals surface area contributed by atoms with Crippen LogP contribution in [0.4, 0.5) is 5.69 Å². The summed E-state index contributed by atoms with van der Waals surface area (Å²) in [5.74, 6) is -1.54. The van der Waals surface area contributed by atoms with Crippen molar-refractivity contribution in [3.05, 3.63) is 29.8 Å². The molecular weight excluding hydrogens is 232 g/mol. The topological polar surface area (TPSA) is 81.6 Å². The summed E-state index contributed by atoms with van der Waals surface area (Å²) in [7, 11) is 0. The highest BCUT2D eigenvalue weighted by molar-refractivity contribution is 6.12. The monoisotopic (exact) mass is 245 g/mol. The Hall–Kier alpha value is -2.17. The molecule has 0 unspecified atom stereocenters. The number of rotatable bonds is 5. The summed E-state index contributed by atoms with van der Waals surface area (Å²) in [4.78, 5) is 26.0. The molecule has 2 rings (SSSR count). The van der Waals surface area contributed by atoms with E-state index in [1.807, 2.05) is 24.3 Å². The molecule has 94 valence electrons. The Bertz CT molecular complexity index is 497. The summed E-state index contributed by atoms with van der Waals surface area (Å²) in [5.41, 5.74) is 1.72. The molecule has 1 aliphatic rings. The first-order valence-corrected chi connectivity index (χ1v) is 5.78. The number of carboxylic acid groups (broad SMARTS) is 1. The van der Waals surface area contributed by atoms with E-state index in [2.05, 4.69) is 10.3 Å². The summed E-state index contributed by atoms with van der Waals surface area (Å²) in [6.07, 6.45) is 2.00. The van der Waals surface area contributed by atoms with Crippen molar-refractivity contribution in [1.29, 1.82) is 0 Å². The van der Waals surface area contributed by atoms with Gasteiger partial charge in [0.2, 0.25) is 5.91 Å². The van der Waals surface area contributed by atoms with E-state index < -0.39 is 5.97 Å². The van der Waals surface area contributed by atoms with Crippen LogP contribution < -0.4 is 10.4 Å². The molecule has 18 heavy (non-hydrogen) atoms. The number of nitrogens with zero attached hydrogens (tertiary/aromatic N) is 1. The first kappa shape index (κ1) is 12.3. The number of fused-ring (bicyclic) bond motifs is 1. The number of carbonyl (C=O) groups is 2. The largest absolute Gasteiger partial charge is 0.550 e. The quantitative estimate of drug-likeness (QED) is 0.599. The van der Waals surface area contributed by atoms with Crippen LogP contribution in [0.15, 0.2) is 29.3 Å². The number of anilines is 1. The number of hydrogen-bond donors (Lipinski definition) is 1. The highest BCUT2D eigenvalue weighted by Gasteiger charge is 2.28. The van der Waals surface area contributed by atoms with Gasteiger partial charge in [0.05, 0.1) is 0 Å². The molecule has 0 radical (unpaired) electrons. The van der Waals surface area contributed by atoms with Crippen LogP contribution in [-0.4, -0.2) is 24.6 Å². The third-order valence-electron chi connectivity index (χ3n) is 2.76. The lowest BCUT2D eigenvalue weighted by atomic mass is 10.0. The number of para-hydroxylation sites is 1. The fraction of sp³-hybridized carbons (Fsp3) is 0.308. The number of carbonyl (C=O) groups excluding carboxylic acids is 2. The zero-order valence-electron chi connectivity index (χ0n) is 9.76. The number of amides is 1. The number of aliphatic carboxylic acids is 1. The van der Waals surface area contributed by atoms with Crippen molar-refractivity contribution in [3.63, 3.8) is 0 Å². The smallest absolute Gasteiger partial charge is 0.237 e. The second kappa shape index (κ2) is 5.44. The van der Waals surface area contributed by atoms with Crippen LogP contribution in [0, 0.1) is 0 Å². The lowest BCUT2D eigenvalue weighted by Crippen LogP contribution is -2.21. The van der Waals surface area contributed by atoms with Crippen LogP contribution in [0.5, 0.6) is 0 Å². The molecule has 0 spiro atoms. The zero-order valence-corrected chi connectivity index (χ0v) is 9.76. The van der Waals surface area contributed by atoms with Crippen LogP contribution in [0.3, 0.4) is 0 Å². The number of aliphatic imine (C=N–C) groups is 1. The Morgan fingerprint density at radius 2 is 2.22 bits per heavy atom. The molecule has 0 aromatic heterocycles. The molecule has 1 aromatic carbocycles. The number of nitrogens with one attached hydrogen (secondary N) is 1. The van der Waals surface area contributed by atoms with Gasteiger partial charge in [-0.15, -0.1) is 0 Å². The molecule has 0 aliphatic carbocycles. The van der Waals surface area contributed by atoms with E-state index in [9.17, 15) is 14.7 Å². The van der Waals surface area contributed by atoms with Gasteiger partial charge >= 0.3 is 0 Å². The SMILES string of the molecule is O=C([O-])CCCN=C[C@H]1C(=O)Nc2ccccc21. The average molecular weight is 245 g/mol. The maximum Gasteiger partial charge on any atom is 0.237 e. The molecule has 0 saturated carbocycles. The van der Waals surface area contributed by atoms with E-state index in [1.54, 1.807) is 6.21 Å². The van der Waals surface area contributed by atoms with Gasteiger partial charge in [0.25, 0.3) is 0 Å². The van der Waals surface area contributed by atoms with E-state index in [0.29, 0.717) is 13.0 Å². The summed E-state index contributed by atoms with van der Waals surface area (Å²) in [6.45, 7) is 0.389. The van der Waals surface area contributed by atoms with Crippen LogP contribution in [-0.2, 0) is 9.59 Å². The Labute approximate surface area is 105 Å². The molecule has 1 aliphatic heterocycles. The molecule has 0 saturated heterocycles. The Balaban J connectivity index is 1.95. The Morgan fingerprint density at radius 1 is 1.44 bits per heavy atom. The molecular formula is C13H13N2O3-. The molecule has 0 fully saturated rings. The van der Waals surface area contributed by atoms with Gasteiger partial charge in [0.1, 0.15) is 5.92 Å². The maximum atomic E-state index is 11.7. The molecule has 1 atom stereocenters. The second-order valence-electron chi connectivity index (χ2n) is 4.08. The predicted octanol–water partition coefficient (Wildman–Crippen LogP) is 0.323. The van der Waals surface area contributed by atoms with Crippen molar-refractivity contribution < 1.29 is 14.7 Å². The van der Waals surface area contributed by atoms with E-state index in [4.69, 9.17) is 0 Å². The normalized spacial score (nSPS) is 17.8. The molecule has 1 aromatic rings. The molecule has 0 bridgehead atoms. The van der Waals surface area contributed by atoms with Crippen LogP contribution in [0.2, 0.25) is 0 Å². The number of hydrogen-bond acceptors (Lipinski definition) is 4. The van der Waals surface area contributed by atoms with Gasteiger partial charge in [-0.05, 0) is 24.5 Å². The lowest BCUT2D eigenvalue weighted by Gasteiger charge is -2.02. The first-order chi connectivity index (χ1) is 8.68. The van der Waals surface area contributed by atoms with Crippen molar-refractivity contribution in [2.45, 2.75) is 18.8 Å². The van der Waals surface area contributed by atoms with E-state index in [0.717, 1.165) is 11.3 Å². The van der Waals surface area contributed by atoms with Crippen LogP contribution >= 0.6 is 0 Å². The molecule has 1 heterocycles.